The van der Waals surface area contributed by atoms with E-state index in [1.807, 2.05) is 38.1 Å². The highest BCUT2D eigenvalue weighted by Crippen LogP contribution is 2.41. The molecule has 2 unspecified atom stereocenters. The Morgan fingerprint density at radius 2 is 2.03 bits per heavy atom. The highest BCUT2D eigenvalue weighted by Gasteiger charge is 2.35. The van der Waals surface area contributed by atoms with Crippen LogP contribution in [0.1, 0.15) is 44.0 Å². The number of aromatic nitrogens is 3. The molecule has 2 aromatic heterocycles. The molecule has 0 radical (unpaired) electrons. The van der Waals surface area contributed by atoms with Gasteiger partial charge in [-0.15, -0.1) is 0 Å². The summed E-state index contributed by atoms with van der Waals surface area (Å²) < 4.78 is 45.5. The summed E-state index contributed by atoms with van der Waals surface area (Å²) in [6, 6.07) is 10.7. The first-order valence-electron chi connectivity index (χ1n) is 9.98. The minimum atomic E-state index is -4.51. The van der Waals surface area contributed by atoms with Gasteiger partial charge in [0.2, 0.25) is 0 Å². The van der Waals surface area contributed by atoms with E-state index in [1.54, 1.807) is 0 Å². The summed E-state index contributed by atoms with van der Waals surface area (Å²) >= 11 is 0. The first-order valence-corrected chi connectivity index (χ1v) is 9.98. The number of alkyl halides is 3. The molecule has 0 saturated heterocycles. The van der Waals surface area contributed by atoms with Gasteiger partial charge in [-0.25, -0.2) is 9.97 Å². The van der Waals surface area contributed by atoms with Crippen LogP contribution in [0.5, 0.6) is 5.75 Å². The minimum Gasteiger partial charge on any atom is -0.493 e. The van der Waals surface area contributed by atoms with Crippen molar-refractivity contribution in [2.75, 3.05) is 11.9 Å². The Hall–Kier alpha value is -3.28. The molecule has 1 aliphatic rings. The van der Waals surface area contributed by atoms with Crippen LogP contribution in [-0.4, -0.2) is 21.6 Å². The number of para-hydroxylation sites is 1. The van der Waals surface area contributed by atoms with E-state index in [1.165, 1.54) is 6.33 Å². The summed E-state index contributed by atoms with van der Waals surface area (Å²) in [5, 5.41) is 13.0. The number of aromatic amines is 1. The first-order chi connectivity index (χ1) is 14.7. The number of nitrogens with one attached hydrogen (secondary N) is 2. The quantitative estimate of drug-likeness (QED) is 0.562. The van der Waals surface area contributed by atoms with E-state index >= 15 is 0 Å². The predicted octanol–water partition coefficient (Wildman–Crippen LogP) is 5.47. The average Bonchev–Trinajstić information content (AvgIpc) is 3.19. The number of hydrogen-bond donors (Lipinski definition) is 2. The molecule has 9 heteroatoms. The molecule has 31 heavy (non-hydrogen) atoms. The summed E-state index contributed by atoms with van der Waals surface area (Å²) in [6.07, 6.45) is -1.89. The van der Waals surface area contributed by atoms with E-state index in [4.69, 9.17) is 4.74 Å². The number of hydrogen-bond acceptors (Lipinski definition) is 5. The maximum atomic E-state index is 13.2. The lowest BCUT2D eigenvalue weighted by Gasteiger charge is -2.35. The van der Waals surface area contributed by atoms with Crippen LogP contribution in [0.15, 0.2) is 36.7 Å². The molecular weight excluding hydrogens is 407 g/mol. The van der Waals surface area contributed by atoms with Crippen molar-refractivity contribution < 1.29 is 17.9 Å². The first kappa shape index (κ1) is 21.0. The topological polar surface area (TPSA) is 86.6 Å². The molecule has 0 saturated carbocycles. The molecule has 0 spiro atoms. The molecule has 1 aliphatic heterocycles. The Balaban J connectivity index is 1.69. The molecule has 6 nitrogen and oxygen atoms in total. The van der Waals surface area contributed by atoms with Gasteiger partial charge < -0.3 is 15.0 Å². The highest BCUT2D eigenvalue weighted by molar-refractivity contribution is 5.88. The van der Waals surface area contributed by atoms with Gasteiger partial charge in [0.05, 0.1) is 29.5 Å². The summed E-state index contributed by atoms with van der Waals surface area (Å²) in [4.78, 5) is 10.5. The van der Waals surface area contributed by atoms with Crippen molar-refractivity contribution in [3.05, 3.63) is 47.9 Å². The second-order valence-corrected chi connectivity index (χ2v) is 8.43. The molecule has 1 aromatic carbocycles. The SMILES string of the molecule is CC(C)(C#N)CCC1COc2ccccc2C1Nc1ncnc2[nH]c(C(F)(F)F)cc12. The van der Waals surface area contributed by atoms with Crippen molar-refractivity contribution in [2.45, 2.75) is 38.9 Å². The summed E-state index contributed by atoms with van der Waals surface area (Å²) in [5.41, 5.74) is -0.323. The molecule has 2 N–H and O–H groups in total. The molecule has 0 bridgehead atoms. The van der Waals surface area contributed by atoms with Crippen LogP contribution in [-0.2, 0) is 6.18 Å². The van der Waals surface area contributed by atoms with E-state index in [-0.39, 0.29) is 23.0 Å². The van der Waals surface area contributed by atoms with Crippen molar-refractivity contribution in [3.8, 4) is 11.8 Å². The third-order valence-electron chi connectivity index (χ3n) is 5.64. The maximum absolute atomic E-state index is 13.2. The third kappa shape index (κ3) is 4.29. The van der Waals surface area contributed by atoms with Crippen LogP contribution in [0, 0.1) is 22.7 Å². The van der Waals surface area contributed by atoms with E-state index in [0.29, 0.717) is 25.3 Å². The van der Waals surface area contributed by atoms with Gasteiger partial charge in [-0.1, -0.05) is 18.2 Å². The van der Waals surface area contributed by atoms with Crippen molar-refractivity contribution >= 4 is 16.9 Å². The lowest BCUT2D eigenvalue weighted by atomic mass is 9.81. The molecule has 0 amide bonds. The van der Waals surface area contributed by atoms with Crippen molar-refractivity contribution in [3.63, 3.8) is 0 Å². The smallest absolute Gasteiger partial charge is 0.431 e. The van der Waals surface area contributed by atoms with Gasteiger partial charge in [0.1, 0.15) is 29.2 Å². The Labute approximate surface area is 177 Å². The Morgan fingerprint density at radius 3 is 2.77 bits per heavy atom. The Kier molecular flexibility index (Phi) is 5.25. The van der Waals surface area contributed by atoms with Crippen LogP contribution >= 0.6 is 0 Å². The third-order valence-corrected chi connectivity index (χ3v) is 5.64. The Bertz CT molecular complexity index is 1130. The molecule has 4 rings (SSSR count). The highest BCUT2D eigenvalue weighted by atomic mass is 19.4. The zero-order chi connectivity index (χ0) is 22.2. The lowest BCUT2D eigenvalue weighted by Crippen LogP contribution is -2.32. The van der Waals surface area contributed by atoms with Gasteiger partial charge in [-0.05, 0) is 38.8 Å². The van der Waals surface area contributed by atoms with Crippen LogP contribution < -0.4 is 10.1 Å². The van der Waals surface area contributed by atoms with Crippen molar-refractivity contribution in [1.29, 1.82) is 5.26 Å². The number of ether oxygens (including phenoxy) is 1. The number of benzene rings is 1. The largest absolute Gasteiger partial charge is 0.493 e. The lowest BCUT2D eigenvalue weighted by molar-refractivity contribution is -0.140. The number of anilines is 1. The van der Waals surface area contributed by atoms with Gasteiger partial charge in [-0.2, -0.15) is 18.4 Å². The van der Waals surface area contributed by atoms with Gasteiger partial charge in [0.25, 0.3) is 0 Å². The number of halogens is 3. The summed E-state index contributed by atoms with van der Waals surface area (Å²) in [7, 11) is 0. The maximum Gasteiger partial charge on any atom is 0.431 e. The molecule has 162 valence electrons. The molecule has 0 fully saturated rings. The van der Waals surface area contributed by atoms with E-state index in [9.17, 15) is 18.4 Å². The second kappa shape index (κ2) is 7.76. The van der Waals surface area contributed by atoms with Crippen molar-refractivity contribution in [2.24, 2.45) is 11.3 Å². The zero-order valence-electron chi connectivity index (χ0n) is 17.1. The predicted molar refractivity (Wildman–Crippen MR) is 109 cm³/mol. The minimum absolute atomic E-state index is 0.00793. The fourth-order valence-corrected chi connectivity index (χ4v) is 3.82. The Morgan fingerprint density at radius 1 is 1.26 bits per heavy atom. The number of H-pyrrole nitrogens is 1. The normalized spacial score (nSPS) is 18.8. The molecular formula is C22H22F3N5O. The van der Waals surface area contributed by atoms with Crippen LogP contribution in [0.2, 0.25) is 0 Å². The van der Waals surface area contributed by atoms with Gasteiger partial charge in [0, 0.05) is 11.5 Å². The fourth-order valence-electron chi connectivity index (χ4n) is 3.82. The number of fused-ring (bicyclic) bond motifs is 2. The van der Waals surface area contributed by atoms with Crippen molar-refractivity contribution in [1.82, 2.24) is 15.0 Å². The average molecular weight is 429 g/mol. The van der Waals surface area contributed by atoms with E-state index in [2.05, 4.69) is 26.3 Å². The van der Waals surface area contributed by atoms with Crippen LogP contribution in [0.3, 0.4) is 0 Å². The molecule has 0 aliphatic carbocycles. The van der Waals surface area contributed by atoms with Gasteiger partial charge >= 0.3 is 6.18 Å². The van der Waals surface area contributed by atoms with E-state index in [0.717, 1.165) is 17.4 Å². The monoisotopic (exact) mass is 429 g/mol. The summed E-state index contributed by atoms with van der Waals surface area (Å²) in [6.45, 7) is 4.21. The van der Waals surface area contributed by atoms with Gasteiger partial charge in [-0.3, -0.25) is 0 Å². The molecule has 2 atom stereocenters. The van der Waals surface area contributed by atoms with Gasteiger partial charge in [0.15, 0.2) is 0 Å². The molecule has 3 aromatic rings. The second-order valence-electron chi connectivity index (χ2n) is 8.43. The van der Waals surface area contributed by atoms with E-state index < -0.39 is 17.3 Å². The number of rotatable bonds is 5. The fraction of sp³-hybridized carbons (Fsp3) is 0.409. The number of nitrogens with zero attached hydrogens (tertiary/aromatic N) is 3. The molecule has 3 heterocycles. The van der Waals surface area contributed by atoms with Crippen LogP contribution in [0.4, 0.5) is 19.0 Å². The zero-order valence-corrected chi connectivity index (χ0v) is 17.1. The standard InChI is InChI=1S/C22H22F3N5O/c1-21(2,11-26)8-7-13-10-31-16-6-4-3-5-14(16)18(13)30-20-15-9-17(22(23,24)25)29-19(15)27-12-28-20/h3-6,9,12-13,18H,7-8,10H2,1-2H3,(H2,27,28,29,30). The van der Waals surface area contributed by atoms with Crippen LogP contribution in [0.25, 0.3) is 11.0 Å². The summed E-state index contributed by atoms with van der Waals surface area (Å²) in [5.74, 6) is 1.06. The number of nitriles is 1.